The highest BCUT2D eigenvalue weighted by Crippen LogP contribution is 2.10. The topological polar surface area (TPSA) is 58.9 Å². The Morgan fingerprint density at radius 2 is 2.10 bits per heavy atom. The Morgan fingerprint density at radius 1 is 1.40 bits per heavy atom. The zero-order valence-corrected chi connectivity index (χ0v) is 5.86. The first-order valence-electron chi connectivity index (χ1n) is 3.22. The van der Waals surface area contributed by atoms with Crippen molar-refractivity contribution < 1.29 is 19.7 Å². The molecule has 0 spiro atoms. The van der Waals surface area contributed by atoms with Crippen molar-refractivity contribution in [3.05, 3.63) is 0 Å². The van der Waals surface area contributed by atoms with Crippen LogP contribution in [0.15, 0.2) is 0 Å². The van der Waals surface area contributed by atoms with Gasteiger partial charge in [-0.15, -0.1) is 0 Å². The molecular weight excluding hydrogens is 136 g/mol. The van der Waals surface area contributed by atoms with Crippen LogP contribution in [0.1, 0.15) is 0 Å². The first-order chi connectivity index (χ1) is 4.75. The summed E-state index contributed by atoms with van der Waals surface area (Å²) in [7, 11) is 1.48. The van der Waals surface area contributed by atoms with Crippen LogP contribution in [0.4, 0.5) is 0 Å². The summed E-state index contributed by atoms with van der Waals surface area (Å²) in [5.74, 6) is 0. The lowest BCUT2D eigenvalue weighted by Crippen LogP contribution is -2.48. The molecule has 1 aliphatic rings. The van der Waals surface area contributed by atoms with E-state index in [0.717, 1.165) is 0 Å². The van der Waals surface area contributed by atoms with Gasteiger partial charge in [0.1, 0.15) is 18.3 Å². The molecule has 60 valence electrons. The summed E-state index contributed by atoms with van der Waals surface area (Å²) in [5, 5.41) is 18.2. The van der Waals surface area contributed by atoms with Crippen molar-refractivity contribution in [1.82, 2.24) is 0 Å². The Kier molecular flexibility index (Phi) is 2.62. The van der Waals surface area contributed by atoms with Gasteiger partial charge < -0.3 is 19.7 Å². The van der Waals surface area contributed by atoms with E-state index < -0.39 is 12.2 Å². The summed E-state index contributed by atoms with van der Waals surface area (Å²) in [5.41, 5.74) is 0. The third kappa shape index (κ3) is 1.46. The summed E-state index contributed by atoms with van der Waals surface area (Å²) in [6.07, 6.45) is -2.00. The van der Waals surface area contributed by atoms with Gasteiger partial charge in [-0.3, -0.25) is 0 Å². The van der Waals surface area contributed by atoms with E-state index in [2.05, 4.69) is 0 Å². The summed E-state index contributed by atoms with van der Waals surface area (Å²) >= 11 is 0. The van der Waals surface area contributed by atoms with Gasteiger partial charge in [0.2, 0.25) is 0 Å². The van der Waals surface area contributed by atoms with Crippen molar-refractivity contribution in [2.45, 2.75) is 18.3 Å². The van der Waals surface area contributed by atoms with Crippen LogP contribution in [0.3, 0.4) is 0 Å². The monoisotopic (exact) mass is 148 g/mol. The zero-order valence-electron chi connectivity index (χ0n) is 5.86. The van der Waals surface area contributed by atoms with Gasteiger partial charge in [-0.1, -0.05) is 0 Å². The van der Waals surface area contributed by atoms with Crippen LogP contribution in [-0.4, -0.2) is 48.8 Å². The fraction of sp³-hybridized carbons (Fsp3) is 1.00. The Bertz CT molecular complexity index is 106. The lowest BCUT2D eigenvalue weighted by Gasteiger charge is -2.30. The summed E-state index contributed by atoms with van der Waals surface area (Å²) in [4.78, 5) is 0. The smallest absolute Gasteiger partial charge is 0.110 e. The highest BCUT2D eigenvalue weighted by Gasteiger charge is 2.30. The van der Waals surface area contributed by atoms with Crippen LogP contribution in [0.2, 0.25) is 0 Å². The minimum atomic E-state index is -0.807. The first-order valence-corrected chi connectivity index (χ1v) is 3.22. The van der Waals surface area contributed by atoms with Crippen LogP contribution in [-0.2, 0) is 9.47 Å². The van der Waals surface area contributed by atoms with Gasteiger partial charge in [-0.2, -0.15) is 0 Å². The van der Waals surface area contributed by atoms with E-state index in [1.165, 1.54) is 7.11 Å². The molecule has 3 atom stereocenters. The number of hydrogen-bond acceptors (Lipinski definition) is 4. The molecule has 10 heavy (non-hydrogen) atoms. The first kappa shape index (κ1) is 7.94. The lowest BCUT2D eigenvalue weighted by atomic mass is 10.1. The van der Waals surface area contributed by atoms with Crippen molar-refractivity contribution in [2.24, 2.45) is 0 Å². The molecule has 0 aromatic rings. The number of methoxy groups -OCH3 is 1. The van der Waals surface area contributed by atoms with Crippen molar-refractivity contribution in [3.8, 4) is 0 Å². The Balaban J connectivity index is 2.42. The molecule has 4 heteroatoms. The van der Waals surface area contributed by atoms with Gasteiger partial charge in [0.15, 0.2) is 0 Å². The molecule has 0 amide bonds. The van der Waals surface area contributed by atoms with E-state index in [1.807, 2.05) is 0 Å². The molecule has 1 aliphatic heterocycles. The SMILES string of the molecule is CO[C@@H]1COC[C@@H](O)C1O. The Morgan fingerprint density at radius 3 is 2.60 bits per heavy atom. The highest BCUT2D eigenvalue weighted by molar-refractivity contribution is 4.79. The molecule has 0 aromatic carbocycles. The molecule has 4 nitrogen and oxygen atoms in total. The van der Waals surface area contributed by atoms with E-state index in [-0.39, 0.29) is 12.7 Å². The average molecular weight is 148 g/mol. The molecule has 1 heterocycles. The second kappa shape index (κ2) is 3.30. The lowest BCUT2D eigenvalue weighted by molar-refractivity contribution is -0.160. The standard InChI is InChI=1S/C6H12O4/c1-9-5-3-10-2-4(7)6(5)8/h4-8H,2-3H2,1H3/t4-,5-,6?/m1/s1. The molecule has 0 radical (unpaired) electrons. The third-order valence-corrected chi connectivity index (χ3v) is 1.65. The van der Waals surface area contributed by atoms with Crippen molar-refractivity contribution >= 4 is 0 Å². The van der Waals surface area contributed by atoms with Crippen LogP contribution < -0.4 is 0 Å². The van der Waals surface area contributed by atoms with Crippen LogP contribution in [0.25, 0.3) is 0 Å². The molecular formula is C6H12O4. The average Bonchev–Trinajstić information content (AvgIpc) is 1.95. The predicted octanol–water partition coefficient (Wildman–Crippen LogP) is -1.25. The van der Waals surface area contributed by atoms with Gasteiger partial charge in [-0.05, 0) is 0 Å². The Hall–Kier alpha value is -0.160. The fourth-order valence-electron chi connectivity index (χ4n) is 0.957. The van der Waals surface area contributed by atoms with E-state index in [4.69, 9.17) is 14.6 Å². The second-order valence-corrected chi connectivity index (χ2v) is 2.37. The van der Waals surface area contributed by atoms with E-state index in [9.17, 15) is 5.11 Å². The van der Waals surface area contributed by atoms with Gasteiger partial charge in [-0.25, -0.2) is 0 Å². The van der Waals surface area contributed by atoms with Crippen LogP contribution in [0.5, 0.6) is 0 Å². The Labute approximate surface area is 59.4 Å². The number of ether oxygens (including phenoxy) is 2. The highest BCUT2D eigenvalue weighted by atomic mass is 16.5. The zero-order chi connectivity index (χ0) is 7.56. The molecule has 1 rings (SSSR count). The maximum Gasteiger partial charge on any atom is 0.110 e. The predicted molar refractivity (Wildman–Crippen MR) is 33.6 cm³/mol. The fourth-order valence-corrected chi connectivity index (χ4v) is 0.957. The van der Waals surface area contributed by atoms with Gasteiger partial charge in [0.05, 0.1) is 13.2 Å². The third-order valence-electron chi connectivity index (χ3n) is 1.65. The van der Waals surface area contributed by atoms with Crippen molar-refractivity contribution in [3.63, 3.8) is 0 Å². The van der Waals surface area contributed by atoms with E-state index in [1.54, 1.807) is 0 Å². The number of hydrogen-bond donors (Lipinski definition) is 2. The number of aliphatic hydroxyl groups excluding tert-OH is 2. The minimum absolute atomic E-state index is 0.195. The van der Waals surface area contributed by atoms with Gasteiger partial charge in [0, 0.05) is 7.11 Å². The quantitative estimate of drug-likeness (QED) is 0.488. The maximum absolute atomic E-state index is 9.18. The summed E-state index contributed by atoms with van der Waals surface area (Å²) in [6.45, 7) is 0.551. The molecule has 1 fully saturated rings. The van der Waals surface area contributed by atoms with Crippen LogP contribution in [0, 0.1) is 0 Å². The molecule has 0 bridgehead atoms. The van der Waals surface area contributed by atoms with E-state index >= 15 is 0 Å². The maximum atomic E-state index is 9.18. The molecule has 1 saturated heterocycles. The van der Waals surface area contributed by atoms with Gasteiger partial charge in [0.25, 0.3) is 0 Å². The second-order valence-electron chi connectivity index (χ2n) is 2.37. The largest absolute Gasteiger partial charge is 0.388 e. The molecule has 0 aliphatic carbocycles. The molecule has 2 N–H and O–H groups in total. The summed E-state index contributed by atoms with van der Waals surface area (Å²) in [6, 6.07) is 0. The van der Waals surface area contributed by atoms with Crippen molar-refractivity contribution in [1.29, 1.82) is 0 Å². The molecule has 1 unspecified atom stereocenters. The van der Waals surface area contributed by atoms with Gasteiger partial charge >= 0.3 is 0 Å². The number of aliphatic hydroxyl groups is 2. The molecule has 0 aromatic heterocycles. The minimum Gasteiger partial charge on any atom is -0.388 e. The normalized spacial score (nSPS) is 41.7. The molecule has 0 saturated carbocycles. The summed E-state index contributed by atoms with van der Waals surface area (Å²) < 4.78 is 9.76. The van der Waals surface area contributed by atoms with E-state index in [0.29, 0.717) is 6.61 Å². The number of rotatable bonds is 1. The van der Waals surface area contributed by atoms with Crippen molar-refractivity contribution in [2.75, 3.05) is 20.3 Å². The van der Waals surface area contributed by atoms with Crippen LogP contribution >= 0.6 is 0 Å².